The molecule has 0 unspecified atom stereocenters. The fraction of sp³-hybridized carbons (Fsp3) is 0.231. The van der Waals surface area contributed by atoms with Gasteiger partial charge >= 0.3 is 0 Å². The van der Waals surface area contributed by atoms with Crippen LogP contribution in [0.5, 0.6) is 0 Å². The van der Waals surface area contributed by atoms with E-state index in [2.05, 4.69) is 15.9 Å². The van der Waals surface area contributed by atoms with Crippen LogP contribution < -0.4 is 0 Å². The summed E-state index contributed by atoms with van der Waals surface area (Å²) in [5.41, 5.74) is 0.176. The zero-order valence-electron chi connectivity index (χ0n) is 11.1. The number of halogens is 2. The van der Waals surface area contributed by atoms with E-state index < -0.39 is 22.4 Å². The number of aliphatic hydroxyl groups excluding tert-OH is 1. The Morgan fingerprint density at radius 2 is 2.10 bits per heavy atom. The molecule has 0 atom stereocenters. The Hall–Kier alpha value is -0.800. The summed E-state index contributed by atoms with van der Waals surface area (Å²) in [6.07, 6.45) is 0. The molecule has 0 aliphatic rings. The molecule has 114 valence electrons. The van der Waals surface area contributed by atoms with E-state index in [-0.39, 0.29) is 17.0 Å². The molecule has 0 saturated heterocycles. The summed E-state index contributed by atoms with van der Waals surface area (Å²) < 4.78 is 40.4. The fourth-order valence-electron chi connectivity index (χ4n) is 1.81. The van der Waals surface area contributed by atoms with Gasteiger partial charge in [0.2, 0.25) is 10.0 Å². The van der Waals surface area contributed by atoms with Gasteiger partial charge in [-0.25, -0.2) is 12.8 Å². The molecule has 0 saturated carbocycles. The SMILES string of the molecule is CN(Cc1cc(Br)cs1)S(=O)(=O)c1cc(F)ccc1CO. The predicted molar refractivity (Wildman–Crippen MR) is 83.0 cm³/mol. The summed E-state index contributed by atoms with van der Waals surface area (Å²) >= 11 is 4.74. The van der Waals surface area contributed by atoms with Crippen LogP contribution in [-0.4, -0.2) is 24.9 Å². The van der Waals surface area contributed by atoms with Gasteiger partial charge in [0.05, 0.1) is 11.5 Å². The van der Waals surface area contributed by atoms with E-state index in [9.17, 15) is 17.9 Å². The van der Waals surface area contributed by atoms with Crippen LogP contribution in [-0.2, 0) is 23.2 Å². The van der Waals surface area contributed by atoms with Crippen molar-refractivity contribution < 1.29 is 17.9 Å². The predicted octanol–water partition coefficient (Wildman–Crippen LogP) is 2.96. The van der Waals surface area contributed by atoms with Crippen molar-refractivity contribution in [3.8, 4) is 0 Å². The summed E-state index contributed by atoms with van der Waals surface area (Å²) in [6.45, 7) is -0.285. The lowest BCUT2D eigenvalue weighted by Gasteiger charge is -2.18. The highest BCUT2D eigenvalue weighted by molar-refractivity contribution is 9.10. The summed E-state index contributed by atoms with van der Waals surface area (Å²) in [6, 6.07) is 5.16. The highest BCUT2D eigenvalue weighted by atomic mass is 79.9. The van der Waals surface area contributed by atoms with Gasteiger partial charge in [0.1, 0.15) is 5.82 Å². The molecule has 0 spiro atoms. The molecule has 0 radical (unpaired) electrons. The van der Waals surface area contributed by atoms with Crippen LogP contribution in [0.4, 0.5) is 4.39 Å². The standard InChI is InChI=1S/C13H13BrFNO3S2/c1-16(6-12-4-10(14)8-20-12)21(18,19)13-5-11(15)3-2-9(13)7-17/h2-5,8,17H,6-7H2,1H3. The largest absolute Gasteiger partial charge is 0.392 e. The zero-order chi connectivity index (χ0) is 15.6. The number of hydrogen-bond donors (Lipinski definition) is 1. The molecule has 1 heterocycles. The van der Waals surface area contributed by atoms with E-state index in [1.807, 2.05) is 11.4 Å². The van der Waals surface area contributed by atoms with Gasteiger partial charge in [0.15, 0.2) is 0 Å². The van der Waals surface area contributed by atoms with Gasteiger partial charge in [-0.1, -0.05) is 6.07 Å². The zero-order valence-corrected chi connectivity index (χ0v) is 14.3. The maximum atomic E-state index is 13.3. The Bertz CT molecular complexity index is 746. The van der Waals surface area contributed by atoms with Crippen molar-refractivity contribution in [2.24, 2.45) is 0 Å². The molecule has 0 amide bonds. The van der Waals surface area contributed by atoms with E-state index >= 15 is 0 Å². The number of aliphatic hydroxyl groups is 1. The minimum absolute atomic E-state index is 0.176. The molecule has 0 bridgehead atoms. The van der Waals surface area contributed by atoms with Crippen molar-refractivity contribution in [1.29, 1.82) is 0 Å². The van der Waals surface area contributed by atoms with Crippen molar-refractivity contribution in [2.45, 2.75) is 18.0 Å². The number of thiophene rings is 1. The summed E-state index contributed by atoms with van der Waals surface area (Å²) in [5, 5.41) is 11.1. The average Bonchev–Trinajstić information content (AvgIpc) is 2.84. The molecule has 2 aromatic rings. The van der Waals surface area contributed by atoms with Crippen LogP contribution in [0.25, 0.3) is 0 Å². The van der Waals surface area contributed by atoms with Crippen LogP contribution in [0.3, 0.4) is 0 Å². The van der Waals surface area contributed by atoms with Crippen molar-refractivity contribution in [2.75, 3.05) is 7.05 Å². The smallest absolute Gasteiger partial charge is 0.243 e. The summed E-state index contributed by atoms with van der Waals surface area (Å²) in [5.74, 6) is -0.655. The van der Waals surface area contributed by atoms with E-state index in [1.54, 1.807) is 0 Å². The molecule has 0 aliphatic carbocycles. The second kappa shape index (κ2) is 6.53. The quantitative estimate of drug-likeness (QED) is 0.849. The first kappa shape index (κ1) is 16.6. The second-order valence-electron chi connectivity index (χ2n) is 4.40. The second-order valence-corrected chi connectivity index (χ2v) is 8.33. The van der Waals surface area contributed by atoms with Crippen LogP contribution in [0.2, 0.25) is 0 Å². The molecule has 8 heteroatoms. The number of hydrogen-bond acceptors (Lipinski definition) is 4. The summed E-state index contributed by atoms with van der Waals surface area (Å²) in [7, 11) is -2.44. The molecule has 1 aromatic heterocycles. The number of rotatable bonds is 5. The van der Waals surface area contributed by atoms with Crippen LogP contribution >= 0.6 is 27.3 Å². The first-order valence-corrected chi connectivity index (χ1v) is 9.04. The van der Waals surface area contributed by atoms with Crippen LogP contribution in [0, 0.1) is 5.82 Å². The minimum atomic E-state index is -3.87. The van der Waals surface area contributed by atoms with Crippen molar-refractivity contribution >= 4 is 37.3 Å². The van der Waals surface area contributed by atoms with Gasteiger partial charge in [-0.05, 0) is 39.7 Å². The molecular weight excluding hydrogens is 381 g/mol. The lowest BCUT2D eigenvalue weighted by atomic mass is 10.2. The lowest BCUT2D eigenvalue weighted by Crippen LogP contribution is -2.27. The van der Waals surface area contributed by atoms with Gasteiger partial charge in [0.25, 0.3) is 0 Å². The molecule has 4 nitrogen and oxygen atoms in total. The third-order valence-electron chi connectivity index (χ3n) is 2.89. The highest BCUT2D eigenvalue weighted by Gasteiger charge is 2.24. The highest BCUT2D eigenvalue weighted by Crippen LogP contribution is 2.25. The van der Waals surface area contributed by atoms with Gasteiger partial charge in [-0.2, -0.15) is 4.31 Å². The van der Waals surface area contributed by atoms with Crippen molar-refractivity contribution in [1.82, 2.24) is 4.31 Å². The lowest BCUT2D eigenvalue weighted by molar-refractivity contribution is 0.278. The summed E-state index contributed by atoms with van der Waals surface area (Å²) in [4.78, 5) is 0.651. The normalized spacial score (nSPS) is 12.0. The maximum Gasteiger partial charge on any atom is 0.243 e. The first-order valence-electron chi connectivity index (χ1n) is 5.93. The Kier molecular flexibility index (Phi) is 5.15. The van der Waals surface area contributed by atoms with Crippen molar-refractivity contribution in [3.05, 3.63) is 50.4 Å². The van der Waals surface area contributed by atoms with Crippen LogP contribution in [0.15, 0.2) is 39.0 Å². The number of sulfonamides is 1. The molecule has 1 aromatic carbocycles. The third kappa shape index (κ3) is 3.70. The Morgan fingerprint density at radius 3 is 2.67 bits per heavy atom. The van der Waals surface area contributed by atoms with Gasteiger partial charge in [0, 0.05) is 28.3 Å². The van der Waals surface area contributed by atoms with Gasteiger partial charge in [-0.15, -0.1) is 11.3 Å². The first-order chi connectivity index (χ1) is 9.84. The van der Waals surface area contributed by atoms with E-state index in [0.29, 0.717) is 0 Å². The Labute approximate surface area is 135 Å². The molecular formula is C13H13BrFNO3S2. The molecule has 0 fully saturated rings. The molecule has 0 aliphatic heterocycles. The topological polar surface area (TPSA) is 57.6 Å². The molecule has 2 rings (SSSR count). The number of nitrogens with zero attached hydrogens (tertiary/aromatic N) is 1. The maximum absolute atomic E-state index is 13.3. The third-order valence-corrected chi connectivity index (χ3v) is 6.46. The number of benzene rings is 1. The van der Waals surface area contributed by atoms with E-state index in [1.165, 1.54) is 24.5 Å². The van der Waals surface area contributed by atoms with E-state index in [4.69, 9.17) is 0 Å². The molecule has 21 heavy (non-hydrogen) atoms. The minimum Gasteiger partial charge on any atom is -0.392 e. The Balaban J connectivity index is 2.35. The Morgan fingerprint density at radius 1 is 1.38 bits per heavy atom. The average molecular weight is 394 g/mol. The fourth-order valence-corrected chi connectivity index (χ4v) is 4.76. The van der Waals surface area contributed by atoms with Crippen molar-refractivity contribution in [3.63, 3.8) is 0 Å². The molecule has 1 N–H and O–H groups in total. The van der Waals surface area contributed by atoms with E-state index in [0.717, 1.165) is 25.8 Å². The van der Waals surface area contributed by atoms with Gasteiger partial charge in [-0.3, -0.25) is 0 Å². The van der Waals surface area contributed by atoms with Gasteiger partial charge < -0.3 is 5.11 Å². The monoisotopic (exact) mass is 393 g/mol. The van der Waals surface area contributed by atoms with Crippen LogP contribution in [0.1, 0.15) is 10.4 Å².